The quantitative estimate of drug-likeness (QED) is 0.731. The molecule has 0 atom stereocenters. The Kier molecular flexibility index (Phi) is 4.13. The van der Waals surface area contributed by atoms with Gasteiger partial charge in [-0.25, -0.2) is 0 Å². The molecule has 0 unspecified atom stereocenters. The number of carbonyl (C=O) groups excluding carboxylic acids is 1. The summed E-state index contributed by atoms with van der Waals surface area (Å²) in [4.78, 5) is 13.5. The second kappa shape index (κ2) is 5.37. The molecule has 1 aromatic rings. The predicted octanol–water partition coefficient (Wildman–Crippen LogP) is 0.569. The normalized spacial score (nSPS) is 10.1. The molecule has 88 valence electrons. The van der Waals surface area contributed by atoms with E-state index >= 15 is 0 Å². The second-order valence-electron chi connectivity index (χ2n) is 3.57. The number of benzene rings is 1. The molecule has 16 heavy (non-hydrogen) atoms. The first kappa shape index (κ1) is 12.3. The molecule has 0 aromatic heterocycles. The molecule has 0 aliphatic carbocycles. The third kappa shape index (κ3) is 2.87. The minimum atomic E-state index is -0.130. The van der Waals surface area contributed by atoms with E-state index in [1.54, 1.807) is 37.3 Å². The van der Waals surface area contributed by atoms with Gasteiger partial charge in [0.05, 0.1) is 12.2 Å². The van der Waals surface area contributed by atoms with Crippen molar-refractivity contribution in [3.05, 3.63) is 23.8 Å². The highest BCUT2D eigenvalue weighted by Crippen LogP contribution is 2.17. The Balaban J connectivity index is 2.79. The number of hydrogen-bond acceptors (Lipinski definition) is 4. The Hall–Kier alpha value is -1.75. The Morgan fingerprint density at radius 3 is 2.69 bits per heavy atom. The van der Waals surface area contributed by atoms with Crippen molar-refractivity contribution in [1.29, 1.82) is 0 Å². The largest absolute Gasteiger partial charge is 0.399 e. The minimum Gasteiger partial charge on any atom is -0.399 e. The van der Waals surface area contributed by atoms with Gasteiger partial charge in [0, 0.05) is 32.1 Å². The topological polar surface area (TPSA) is 81.6 Å². The summed E-state index contributed by atoms with van der Waals surface area (Å²) in [6.07, 6.45) is 0. The number of nitrogens with two attached hydrogens (primary N) is 2. The summed E-state index contributed by atoms with van der Waals surface area (Å²) in [5.74, 6) is -0.130. The van der Waals surface area contributed by atoms with Gasteiger partial charge in [-0.3, -0.25) is 4.79 Å². The van der Waals surface area contributed by atoms with E-state index < -0.39 is 0 Å². The molecule has 1 amide bonds. The van der Waals surface area contributed by atoms with Crippen LogP contribution in [0.5, 0.6) is 0 Å². The number of amides is 1. The van der Waals surface area contributed by atoms with Gasteiger partial charge in [-0.1, -0.05) is 0 Å². The van der Waals surface area contributed by atoms with Gasteiger partial charge in [0.1, 0.15) is 0 Å². The first-order valence-corrected chi connectivity index (χ1v) is 4.95. The van der Waals surface area contributed by atoms with E-state index in [4.69, 9.17) is 16.2 Å². The highest BCUT2D eigenvalue weighted by molar-refractivity contribution is 5.99. The lowest BCUT2D eigenvalue weighted by Crippen LogP contribution is -2.30. The van der Waals surface area contributed by atoms with Crippen LogP contribution in [0, 0.1) is 0 Å². The Bertz CT molecular complexity index is 379. The van der Waals surface area contributed by atoms with Crippen LogP contribution >= 0.6 is 0 Å². The molecular weight excluding hydrogens is 206 g/mol. The number of carbonyl (C=O) groups is 1. The van der Waals surface area contributed by atoms with Gasteiger partial charge in [0.25, 0.3) is 5.91 Å². The third-order valence-corrected chi connectivity index (χ3v) is 2.28. The Labute approximate surface area is 95.0 Å². The highest BCUT2D eigenvalue weighted by Gasteiger charge is 2.14. The maximum absolute atomic E-state index is 11.9. The van der Waals surface area contributed by atoms with Crippen molar-refractivity contribution in [2.24, 2.45) is 0 Å². The van der Waals surface area contributed by atoms with Crippen LogP contribution < -0.4 is 11.5 Å². The number of hydrogen-bond donors (Lipinski definition) is 2. The molecule has 0 radical (unpaired) electrons. The molecular formula is C11H17N3O2. The van der Waals surface area contributed by atoms with Crippen LogP contribution in [0.3, 0.4) is 0 Å². The summed E-state index contributed by atoms with van der Waals surface area (Å²) in [6, 6.07) is 4.88. The monoisotopic (exact) mass is 223 g/mol. The fourth-order valence-electron chi connectivity index (χ4n) is 1.31. The van der Waals surface area contributed by atoms with Gasteiger partial charge in [-0.15, -0.1) is 0 Å². The number of nitrogens with zero attached hydrogens (tertiary/aromatic N) is 1. The summed E-state index contributed by atoms with van der Waals surface area (Å²) in [5, 5.41) is 0. The molecule has 0 aliphatic heterocycles. The second-order valence-corrected chi connectivity index (χ2v) is 3.57. The van der Waals surface area contributed by atoms with Gasteiger partial charge in [-0.2, -0.15) is 0 Å². The first-order valence-electron chi connectivity index (χ1n) is 4.95. The van der Waals surface area contributed by atoms with Crippen molar-refractivity contribution in [2.75, 3.05) is 38.8 Å². The zero-order chi connectivity index (χ0) is 12.1. The van der Waals surface area contributed by atoms with E-state index in [1.807, 2.05) is 0 Å². The van der Waals surface area contributed by atoms with Gasteiger partial charge in [0.2, 0.25) is 0 Å². The van der Waals surface area contributed by atoms with Crippen LogP contribution in [0.1, 0.15) is 10.4 Å². The van der Waals surface area contributed by atoms with Crippen molar-refractivity contribution in [3.63, 3.8) is 0 Å². The molecule has 0 saturated carbocycles. The average Bonchev–Trinajstić information content (AvgIpc) is 2.25. The van der Waals surface area contributed by atoms with Crippen LogP contribution in [0.15, 0.2) is 18.2 Å². The van der Waals surface area contributed by atoms with Crippen LogP contribution in [-0.2, 0) is 4.74 Å². The lowest BCUT2D eigenvalue weighted by molar-refractivity contribution is 0.0745. The fourth-order valence-corrected chi connectivity index (χ4v) is 1.31. The van der Waals surface area contributed by atoms with Crippen molar-refractivity contribution in [1.82, 2.24) is 4.90 Å². The molecule has 1 aromatic carbocycles. The van der Waals surface area contributed by atoms with Gasteiger partial charge in [-0.05, 0) is 18.2 Å². The molecule has 5 heteroatoms. The van der Waals surface area contributed by atoms with E-state index in [2.05, 4.69) is 0 Å². The van der Waals surface area contributed by atoms with E-state index in [1.165, 1.54) is 0 Å². The first-order chi connectivity index (χ1) is 7.56. The minimum absolute atomic E-state index is 0.130. The van der Waals surface area contributed by atoms with E-state index in [9.17, 15) is 4.79 Å². The molecule has 0 saturated heterocycles. The summed E-state index contributed by atoms with van der Waals surface area (Å²) in [6.45, 7) is 1.02. The highest BCUT2D eigenvalue weighted by atomic mass is 16.5. The standard InChI is InChI=1S/C11H17N3O2/c1-14(5-6-16-2)11(15)9-4-3-8(12)7-10(9)13/h3-4,7H,5-6,12-13H2,1-2H3. The Morgan fingerprint density at radius 1 is 1.44 bits per heavy atom. The van der Waals surface area contributed by atoms with Crippen molar-refractivity contribution >= 4 is 17.3 Å². The van der Waals surface area contributed by atoms with Gasteiger partial charge < -0.3 is 21.1 Å². The average molecular weight is 223 g/mol. The molecule has 5 nitrogen and oxygen atoms in total. The summed E-state index contributed by atoms with van der Waals surface area (Å²) in [7, 11) is 3.30. The summed E-state index contributed by atoms with van der Waals surface area (Å²) < 4.78 is 4.90. The molecule has 0 heterocycles. The fraction of sp³-hybridized carbons (Fsp3) is 0.364. The van der Waals surface area contributed by atoms with Crippen LogP contribution in [0.25, 0.3) is 0 Å². The molecule has 1 rings (SSSR count). The van der Waals surface area contributed by atoms with Crippen molar-refractivity contribution in [2.45, 2.75) is 0 Å². The summed E-state index contributed by atoms with van der Waals surface area (Å²) in [5.41, 5.74) is 12.7. The summed E-state index contributed by atoms with van der Waals surface area (Å²) >= 11 is 0. The maximum Gasteiger partial charge on any atom is 0.255 e. The Morgan fingerprint density at radius 2 is 2.12 bits per heavy atom. The van der Waals surface area contributed by atoms with E-state index in [-0.39, 0.29) is 5.91 Å². The van der Waals surface area contributed by atoms with Gasteiger partial charge >= 0.3 is 0 Å². The maximum atomic E-state index is 11.9. The number of ether oxygens (including phenoxy) is 1. The molecule has 0 aliphatic rings. The molecule has 0 spiro atoms. The lowest BCUT2D eigenvalue weighted by atomic mass is 10.1. The SMILES string of the molecule is COCCN(C)C(=O)c1ccc(N)cc1N. The van der Waals surface area contributed by atoms with E-state index in [0.717, 1.165) is 0 Å². The molecule has 4 N–H and O–H groups in total. The number of anilines is 2. The third-order valence-electron chi connectivity index (χ3n) is 2.28. The number of methoxy groups -OCH3 is 1. The number of likely N-dealkylation sites (N-methyl/N-ethyl adjacent to an activating group) is 1. The molecule has 0 fully saturated rings. The smallest absolute Gasteiger partial charge is 0.255 e. The predicted molar refractivity (Wildman–Crippen MR) is 64.1 cm³/mol. The van der Waals surface area contributed by atoms with Crippen LogP contribution in [-0.4, -0.2) is 38.1 Å². The lowest BCUT2D eigenvalue weighted by Gasteiger charge is -2.17. The van der Waals surface area contributed by atoms with Crippen molar-refractivity contribution in [3.8, 4) is 0 Å². The zero-order valence-electron chi connectivity index (χ0n) is 9.56. The number of nitrogen functional groups attached to an aromatic ring is 2. The van der Waals surface area contributed by atoms with Gasteiger partial charge in [0.15, 0.2) is 0 Å². The zero-order valence-corrected chi connectivity index (χ0v) is 9.56. The van der Waals surface area contributed by atoms with Crippen molar-refractivity contribution < 1.29 is 9.53 Å². The number of rotatable bonds is 4. The van der Waals surface area contributed by atoms with Crippen LogP contribution in [0.4, 0.5) is 11.4 Å². The van der Waals surface area contributed by atoms with Crippen LogP contribution in [0.2, 0.25) is 0 Å². The molecule has 0 bridgehead atoms. The van der Waals surface area contributed by atoms with E-state index in [0.29, 0.717) is 30.1 Å².